The van der Waals surface area contributed by atoms with Crippen LogP contribution in [0.2, 0.25) is 0 Å². The zero-order chi connectivity index (χ0) is 16.3. The number of carbonyl (C=O) groups is 3. The van der Waals surface area contributed by atoms with Gasteiger partial charge in [0.15, 0.2) is 6.10 Å². The number of benzene rings is 1. The number of amides is 1. The fourth-order valence-corrected chi connectivity index (χ4v) is 2.26. The van der Waals surface area contributed by atoms with E-state index in [4.69, 9.17) is 9.47 Å². The van der Waals surface area contributed by atoms with E-state index < -0.39 is 12.1 Å². The van der Waals surface area contributed by atoms with Crippen LogP contribution in [0.25, 0.3) is 0 Å². The summed E-state index contributed by atoms with van der Waals surface area (Å²) in [6.45, 7) is 5.11. The largest absolute Gasteiger partial charge is 0.478 e. The Morgan fingerprint density at radius 3 is 2.77 bits per heavy atom. The van der Waals surface area contributed by atoms with Crippen molar-refractivity contribution < 1.29 is 23.9 Å². The van der Waals surface area contributed by atoms with Gasteiger partial charge in [0.05, 0.1) is 11.8 Å². The van der Waals surface area contributed by atoms with E-state index in [9.17, 15) is 14.4 Å². The van der Waals surface area contributed by atoms with Gasteiger partial charge in [-0.1, -0.05) is 6.92 Å². The Hall–Kier alpha value is -2.37. The van der Waals surface area contributed by atoms with Gasteiger partial charge in [0.25, 0.3) is 5.91 Å². The number of hydrogen-bond acceptors (Lipinski definition) is 5. The Labute approximate surface area is 129 Å². The zero-order valence-corrected chi connectivity index (χ0v) is 12.9. The van der Waals surface area contributed by atoms with Crippen molar-refractivity contribution in [1.29, 1.82) is 0 Å². The second-order valence-corrected chi connectivity index (χ2v) is 5.32. The van der Waals surface area contributed by atoms with Crippen molar-refractivity contribution in [2.24, 2.45) is 0 Å². The van der Waals surface area contributed by atoms with Gasteiger partial charge in [0.2, 0.25) is 0 Å². The molecule has 6 heteroatoms. The predicted octanol–water partition coefficient (Wildman–Crippen LogP) is 1.95. The normalized spacial score (nSPS) is 17.0. The molecular weight excluding hydrogens is 286 g/mol. The first kappa shape index (κ1) is 16.0. The highest BCUT2D eigenvalue weighted by Gasteiger charge is 2.35. The van der Waals surface area contributed by atoms with E-state index >= 15 is 0 Å². The average Bonchev–Trinajstić information content (AvgIpc) is 2.48. The molecule has 118 valence electrons. The molecule has 0 saturated carbocycles. The molecule has 1 heterocycles. The number of hydrogen-bond donors (Lipinski definition) is 0. The smallest absolute Gasteiger partial charge is 0.326 e. The second-order valence-electron chi connectivity index (χ2n) is 5.32. The lowest BCUT2D eigenvalue weighted by molar-refractivity contribution is -0.147. The van der Waals surface area contributed by atoms with Gasteiger partial charge in [-0.15, -0.1) is 0 Å². The topological polar surface area (TPSA) is 72.9 Å². The van der Waals surface area contributed by atoms with Crippen LogP contribution in [0.1, 0.15) is 37.6 Å². The summed E-state index contributed by atoms with van der Waals surface area (Å²) >= 11 is 0. The maximum Gasteiger partial charge on any atom is 0.326 e. The van der Waals surface area contributed by atoms with E-state index in [-0.39, 0.29) is 18.6 Å². The van der Waals surface area contributed by atoms with Crippen LogP contribution in [0.4, 0.5) is 5.69 Å². The van der Waals surface area contributed by atoms with Crippen LogP contribution in [-0.2, 0) is 14.3 Å². The summed E-state index contributed by atoms with van der Waals surface area (Å²) in [7, 11) is 0. The standard InChI is InChI=1S/C16H19NO5/c1-4-13-16(20)17(8-15(19)21-10(2)3)12-7-11(9-18)5-6-14(12)22-13/h5-7,9-10,13H,4,8H2,1-3H3. The molecule has 22 heavy (non-hydrogen) atoms. The number of fused-ring (bicyclic) bond motifs is 1. The summed E-state index contributed by atoms with van der Waals surface area (Å²) in [5.41, 5.74) is 0.826. The van der Waals surface area contributed by atoms with Gasteiger partial charge < -0.3 is 9.47 Å². The molecule has 0 radical (unpaired) electrons. The Kier molecular flexibility index (Phi) is 4.80. The fraction of sp³-hybridized carbons (Fsp3) is 0.438. The minimum atomic E-state index is -0.638. The highest BCUT2D eigenvalue weighted by molar-refractivity contribution is 6.03. The molecule has 0 saturated heterocycles. The van der Waals surface area contributed by atoms with E-state index in [1.165, 1.54) is 11.0 Å². The van der Waals surface area contributed by atoms with E-state index in [1.807, 2.05) is 6.92 Å². The van der Waals surface area contributed by atoms with E-state index in [2.05, 4.69) is 0 Å². The van der Waals surface area contributed by atoms with Crippen molar-refractivity contribution in [3.05, 3.63) is 23.8 Å². The Bertz CT molecular complexity index is 596. The molecule has 1 aliphatic rings. The van der Waals surface area contributed by atoms with Gasteiger partial charge in [-0.2, -0.15) is 0 Å². The molecule has 1 amide bonds. The van der Waals surface area contributed by atoms with Crippen LogP contribution in [0, 0.1) is 0 Å². The Balaban J connectivity index is 2.35. The molecule has 0 bridgehead atoms. The monoisotopic (exact) mass is 305 g/mol. The summed E-state index contributed by atoms with van der Waals surface area (Å²) in [6.07, 6.45) is 0.276. The van der Waals surface area contributed by atoms with Crippen LogP contribution >= 0.6 is 0 Å². The van der Waals surface area contributed by atoms with E-state index in [1.54, 1.807) is 26.0 Å². The molecule has 1 unspecified atom stereocenters. The highest BCUT2D eigenvalue weighted by Crippen LogP contribution is 2.35. The lowest BCUT2D eigenvalue weighted by Gasteiger charge is -2.33. The maximum absolute atomic E-state index is 12.4. The Morgan fingerprint density at radius 2 is 2.18 bits per heavy atom. The molecule has 0 aliphatic carbocycles. The number of esters is 1. The van der Waals surface area contributed by atoms with Crippen molar-refractivity contribution in [3.8, 4) is 5.75 Å². The lowest BCUT2D eigenvalue weighted by atomic mass is 10.1. The first-order valence-corrected chi connectivity index (χ1v) is 7.23. The fourth-order valence-electron chi connectivity index (χ4n) is 2.26. The summed E-state index contributed by atoms with van der Waals surface area (Å²) < 4.78 is 10.7. The SMILES string of the molecule is CCC1Oc2ccc(C=O)cc2N(CC(=O)OC(C)C)C1=O. The van der Waals surface area contributed by atoms with Crippen molar-refractivity contribution in [2.45, 2.75) is 39.4 Å². The van der Waals surface area contributed by atoms with Gasteiger partial charge in [0, 0.05) is 5.56 Å². The molecular formula is C16H19NO5. The molecule has 0 aromatic heterocycles. The highest BCUT2D eigenvalue weighted by atomic mass is 16.5. The van der Waals surface area contributed by atoms with Gasteiger partial charge >= 0.3 is 5.97 Å². The van der Waals surface area contributed by atoms with E-state index in [0.29, 0.717) is 29.7 Å². The Morgan fingerprint density at radius 1 is 1.45 bits per heavy atom. The maximum atomic E-state index is 12.4. The van der Waals surface area contributed by atoms with Crippen molar-refractivity contribution in [1.82, 2.24) is 0 Å². The first-order valence-electron chi connectivity index (χ1n) is 7.23. The third kappa shape index (κ3) is 3.27. The average molecular weight is 305 g/mol. The second kappa shape index (κ2) is 6.60. The molecule has 1 aromatic carbocycles. The molecule has 1 atom stereocenters. The number of rotatable bonds is 5. The zero-order valence-electron chi connectivity index (χ0n) is 12.9. The van der Waals surface area contributed by atoms with Gasteiger partial charge in [-0.25, -0.2) is 0 Å². The molecule has 6 nitrogen and oxygen atoms in total. The predicted molar refractivity (Wildman–Crippen MR) is 80.1 cm³/mol. The molecule has 2 rings (SSSR count). The lowest BCUT2D eigenvalue weighted by Crippen LogP contribution is -2.48. The number of aldehydes is 1. The van der Waals surface area contributed by atoms with Gasteiger partial charge in [-0.05, 0) is 38.5 Å². The molecule has 0 spiro atoms. The quantitative estimate of drug-likeness (QED) is 0.614. The summed E-state index contributed by atoms with van der Waals surface area (Å²) in [4.78, 5) is 36.6. The minimum Gasteiger partial charge on any atom is -0.478 e. The van der Waals surface area contributed by atoms with Crippen molar-refractivity contribution >= 4 is 23.9 Å². The van der Waals surface area contributed by atoms with Crippen LogP contribution < -0.4 is 9.64 Å². The number of anilines is 1. The van der Waals surface area contributed by atoms with Crippen LogP contribution in [0.3, 0.4) is 0 Å². The number of ether oxygens (including phenoxy) is 2. The van der Waals surface area contributed by atoms with Crippen LogP contribution in [0.15, 0.2) is 18.2 Å². The van der Waals surface area contributed by atoms with Crippen molar-refractivity contribution in [3.63, 3.8) is 0 Å². The number of nitrogens with zero attached hydrogens (tertiary/aromatic N) is 1. The molecule has 1 aliphatic heterocycles. The summed E-state index contributed by atoms with van der Waals surface area (Å²) in [5.74, 6) is -0.323. The molecule has 0 fully saturated rings. The summed E-state index contributed by atoms with van der Waals surface area (Å²) in [6, 6.07) is 4.78. The van der Waals surface area contributed by atoms with Crippen LogP contribution in [0.5, 0.6) is 5.75 Å². The first-order chi connectivity index (χ1) is 10.5. The molecule has 0 N–H and O–H groups in total. The third-order valence-electron chi connectivity index (χ3n) is 3.25. The third-order valence-corrected chi connectivity index (χ3v) is 3.25. The molecule has 1 aromatic rings. The van der Waals surface area contributed by atoms with Gasteiger partial charge in [0.1, 0.15) is 18.6 Å². The van der Waals surface area contributed by atoms with Crippen molar-refractivity contribution in [2.75, 3.05) is 11.4 Å². The minimum absolute atomic E-state index is 0.202. The number of carbonyl (C=O) groups excluding carboxylic acids is 3. The summed E-state index contributed by atoms with van der Waals surface area (Å²) in [5, 5.41) is 0. The van der Waals surface area contributed by atoms with Crippen LogP contribution in [-0.4, -0.2) is 36.9 Å². The van der Waals surface area contributed by atoms with Gasteiger partial charge in [-0.3, -0.25) is 19.3 Å². The van der Waals surface area contributed by atoms with E-state index in [0.717, 1.165) is 0 Å².